The molecule has 0 aromatic heterocycles. The number of hydrogen-bond acceptors (Lipinski definition) is 3. The van der Waals surface area contributed by atoms with Crippen LogP contribution in [-0.2, 0) is 0 Å². The van der Waals surface area contributed by atoms with E-state index in [9.17, 15) is 0 Å². The zero-order chi connectivity index (χ0) is 11.5. The van der Waals surface area contributed by atoms with Gasteiger partial charge in [0.1, 0.15) is 0 Å². The third-order valence-electron chi connectivity index (χ3n) is 4.09. The lowest BCUT2D eigenvalue weighted by Gasteiger charge is -2.43. The molecule has 0 aromatic carbocycles. The highest BCUT2D eigenvalue weighted by molar-refractivity contribution is 4.96. The Labute approximate surface area is 99.4 Å². The molecule has 2 aliphatic rings. The molecule has 2 rings (SSSR count). The molecule has 2 saturated heterocycles. The smallest absolute Gasteiger partial charge is 0.0431 e. The van der Waals surface area contributed by atoms with Crippen LogP contribution in [0.5, 0.6) is 0 Å². The first-order chi connectivity index (χ1) is 7.72. The van der Waals surface area contributed by atoms with Crippen LogP contribution < -0.4 is 0 Å². The summed E-state index contributed by atoms with van der Waals surface area (Å²) in [5.74, 6) is 0. The Bertz CT molecular complexity index is 206. The lowest BCUT2D eigenvalue weighted by atomic mass is 10.1. The van der Waals surface area contributed by atoms with E-state index >= 15 is 0 Å². The first-order valence-corrected chi connectivity index (χ1v) is 6.83. The van der Waals surface area contributed by atoms with E-state index in [1.54, 1.807) is 0 Å². The number of nitrogens with zero attached hydrogens (tertiary/aromatic N) is 2. The summed E-state index contributed by atoms with van der Waals surface area (Å²) >= 11 is 0. The van der Waals surface area contributed by atoms with Crippen LogP contribution in [0.2, 0.25) is 0 Å². The Morgan fingerprint density at radius 1 is 1.12 bits per heavy atom. The van der Waals surface area contributed by atoms with E-state index in [2.05, 4.69) is 23.6 Å². The standard InChI is InChI=1S/C13H26N2O/c1-11(2)15-12-5-6-13(15)10-14(9-12)7-3-4-8-16/h11-13,16H,3-10H2,1-2H3. The molecule has 2 unspecified atom stereocenters. The fourth-order valence-electron chi connectivity index (χ4n) is 3.50. The first-order valence-electron chi connectivity index (χ1n) is 6.83. The third-order valence-corrected chi connectivity index (χ3v) is 4.09. The van der Waals surface area contributed by atoms with E-state index in [1.807, 2.05) is 0 Å². The van der Waals surface area contributed by atoms with Gasteiger partial charge in [0.15, 0.2) is 0 Å². The molecule has 2 bridgehead atoms. The van der Waals surface area contributed by atoms with Gasteiger partial charge >= 0.3 is 0 Å². The fraction of sp³-hybridized carbons (Fsp3) is 1.00. The lowest BCUT2D eigenvalue weighted by Crippen LogP contribution is -2.55. The van der Waals surface area contributed by atoms with Gasteiger partial charge in [-0.2, -0.15) is 0 Å². The van der Waals surface area contributed by atoms with Gasteiger partial charge in [-0.15, -0.1) is 0 Å². The Morgan fingerprint density at radius 3 is 2.25 bits per heavy atom. The molecular weight excluding hydrogens is 200 g/mol. The zero-order valence-electron chi connectivity index (χ0n) is 10.7. The van der Waals surface area contributed by atoms with Gasteiger partial charge in [-0.05, 0) is 46.1 Å². The van der Waals surface area contributed by atoms with Gasteiger partial charge in [0.2, 0.25) is 0 Å². The van der Waals surface area contributed by atoms with Crippen molar-refractivity contribution < 1.29 is 5.11 Å². The largest absolute Gasteiger partial charge is 0.396 e. The van der Waals surface area contributed by atoms with E-state index in [0.717, 1.165) is 24.9 Å². The van der Waals surface area contributed by atoms with Gasteiger partial charge in [0.05, 0.1) is 0 Å². The van der Waals surface area contributed by atoms with Gasteiger partial charge in [-0.1, -0.05) is 0 Å². The number of rotatable bonds is 5. The van der Waals surface area contributed by atoms with Crippen LogP contribution in [0.4, 0.5) is 0 Å². The summed E-state index contributed by atoms with van der Waals surface area (Å²) in [5.41, 5.74) is 0. The Hall–Kier alpha value is -0.120. The normalized spacial score (nSPS) is 31.5. The van der Waals surface area contributed by atoms with Crippen molar-refractivity contribution in [3.63, 3.8) is 0 Å². The molecule has 3 heteroatoms. The maximum absolute atomic E-state index is 8.80. The number of likely N-dealkylation sites (tertiary alicyclic amines) is 1. The highest BCUT2D eigenvalue weighted by atomic mass is 16.2. The van der Waals surface area contributed by atoms with Crippen LogP contribution in [0, 0.1) is 0 Å². The minimum atomic E-state index is 0.346. The van der Waals surface area contributed by atoms with Gasteiger partial charge in [-0.25, -0.2) is 0 Å². The quantitative estimate of drug-likeness (QED) is 0.716. The number of fused-ring (bicyclic) bond motifs is 2. The fourth-order valence-corrected chi connectivity index (χ4v) is 3.50. The number of hydrogen-bond donors (Lipinski definition) is 1. The van der Waals surface area contributed by atoms with Gasteiger partial charge in [0, 0.05) is 37.8 Å². The molecule has 3 nitrogen and oxygen atoms in total. The van der Waals surface area contributed by atoms with Crippen LogP contribution in [0.25, 0.3) is 0 Å². The molecule has 2 atom stereocenters. The van der Waals surface area contributed by atoms with Crippen molar-refractivity contribution in [1.82, 2.24) is 9.80 Å². The predicted octanol–water partition coefficient (Wildman–Crippen LogP) is 1.32. The zero-order valence-corrected chi connectivity index (χ0v) is 10.7. The molecule has 0 amide bonds. The molecule has 0 aliphatic carbocycles. The Balaban J connectivity index is 1.82. The van der Waals surface area contributed by atoms with Crippen molar-refractivity contribution in [2.45, 2.75) is 57.7 Å². The highest BCUT2D eigenvalue weighted by Gasteiger charge is 2.40. The summed E-state index contributed by atoms with van der Waals surface area (Å²) in [6.45, 7) is 8.68. The van der Waals surface area contributed by atoms with E-state index < -0.39 is 0 Å². The number of aliphatic hydroxyl groups is 1. The summed E-state index contributed by atoms with van der Waals surface area (Å²) in [5, 5.41) is 8.80. The number of unbranched alkanes of at least 4 members (excludes halogenated alkanes) is 1. The molecule has 16 heavy (non-hydrogen) atoms. The minimum absolute atomic E-state index is 0.346. The van der Waals surface area contributed by atoms with Gasteiger partial charge in [0.25, 0.3) is 0 Å². The molecule has 0 spiro atoms. The minimum Gasteiger partial charge on any atom is -0.396 e. The van der Waals surface area contributed by atoms with E-state index in [4.69, 9.17) is 5.11 Å². The summed E-state index contributed by atoms with van der Waals surface area (Å²) in [7, 11) is 0. The average molecular weight is 226 g/mol. The first kappa shape index (κ1) is 12.3. The second-order valence-corrected chi connectivity index (χ2v) is 5.62. The number of aliphatic hydroxyl groups excluding tert-OH is 1. The van der Waals surface area contributed by atoms with Crippen molar-refractivity contribution in [3.8, 4) is 0 Å². The van der Waals surface area contributed by atoms with E-state index in [0.29, 0.717) is 12.6 Å². The predicted molar refractivity (Wildman–Crippen MR) is 66.5 cm³/mol. The summed E-state index contributed by atoms with van der Waals surface area (Å²) < 4.78 is 0. The monoisotopic (exact) mass is 226 g/mol. The maximum Gasteiger partial charge on any atom is 0.0431 e. The van der Waals surface area contributed by atoms with Crippen molar-refractivity contribution >= 4 is 0 Å². The van der Waals surface area contributed by atoms with Crippen molar-refractivity contribution in [3.05, 3.63) is 0 Å². The molecule has 1 N–H and O–H groups in total. The van der Waals surface area contributed by atoms with Crippen LogP contribution in [-0.4, -0.2) is 59.3 Å². The topological polar surface area (TPSA) is 26.7 Å². The van der Waals surface area contributed by atoms with Crippen LogP contribution in [0.3, 0.4) is 0 Å². The van der Waals surface area contributed by atoms with Crippen LogP contribution >= 0.6 is 0 Å². The van der Waals surface area contributed by atoms with Crippen molar-refractivity contribution in [2.24, 2.45) is 0 Å². The molecule has 0 radical (unpaired) electrons. The maximum atomic E-state index is 8.80. The SMILES string of the molecule is CC(C)N1C2CCC1CN(CCCCO)C2. The van der Waals surface area contributed by atoms with Crippen LogP contribution in [0.1, 0.15) is 39.5 Å². The molecule has 0 aromatic rings. The molecule has 0 saturated carbocycles. The highest BCUT2D eigenvalue weighted by Crippen LogP contribution is 2.31. The second kappa shape index (κ2) is 5.48. The lowest BCUT2D eigenvalue weighted by molar-refractivity contribution is 0.0425. The second-order valence-electron chi connectivity index (χ2n) is 5.62. The molecule has 2 fully saturated rings. The van der Waals surface area contributed by atoms with E-state index in [1.165, 1.54) is 32.5 Å². The summed E-state index contributed by atoms with van der Waals surface area (Å²) in [4.78, 5) is 5.33. The third kappa shape index (κ3) is 2.58. The Kier molecular flexibility index (Phi) is 4.22. The number of piperazine rings is 1. The van der Waals surface area contributed by atoms with Gasteiger partial charge in [-0.3, -0.25) is 4.90 Å². The molecule has 2 heterocycles. The van der Waals surface area contributed by atoms with E-state index in [-0.39, 0.29) is 0 Å². The van der Waals surface area contributed by atoms with Crippen LogP contribution in [0.15, 0.2) is 0 Å². The Morgan fingerprint density at radius 2 is 1.75 bits per heavy atom. The van der Waals surface area contributed by atoms with Crippen molar-refractivity contribution in [1.29, 1.82) is 0 Å². The molecule has 94 valence electrons. The van der Waals surface area contributed by atoms with Gasteiger partial charge < -0.3 is 10.0 Å². The average Bonchev–Trinajstić information content (AvgIpc) is 2.52. The molecular formula is C13H26N2O. The van der Waals surface area contributed by atoms with Crippen molar-refractivity contribution in [2.75, 3.05) is 26.2 Å². The molecule has 2 aliphatic heterocycles. The summed E-state index contributed by atoms with van der Waals surface area (Å²) in [6.07, 6.45) is 4.88. The summed E-state index contributed by atoms with van der Waals surface area (Å²) in [6, 6.07) is 2.30.